The Morgan fingerprint density at radius 3 is 3.00 bits per heavy atom. The largest absolute Gasteiger partial charge is 0.344 e. The number of hydrogen-bond acceptors (Lipinski definition) is 7. The van der Waals surface area contributed by atoms with Crippen LogP contribution >= 0.6 is 15.9 Å². The molecule has 0 aromatic carbocycles. The lowest BCUT2D eigenvalue weighted by Gasteiger charge is -2.07. The minimum atomic E-state index is -0.343. The maximum atomic E-state index is 12.0. The Bertz CT molecular complexity index is 599. The van der Waals surface area contributed by atoms with Crippen molar-refractivity contribution in [2.24, 2.45) is 5.84 Å². The number of hydrogen-bond donors (Lipinski definition) is 3. The van der Waals surface area contributed by atoms with Crippen LogP contribution in [-0.4, -0.2) is 21.0 Å². The third-order valence-corrected chi connectivity index (χ3v) is 2.65. The standard InChI is InChI=1S/C10H11BrN6O2/c1-5-15-8(17-19-5)4-14-10(18)7-2-6(11)3-13-9(7)16-12/h2-3H,4,12H2,1H3,(H,13,16)(H,14,18). The Morgan fingerprint density at radius 2 is 2.37 bits per heavy atom. The molecule has 19 heavy (non-hydrogen) atoms. The van der Waals surface area contributed by atoms with Gasteiger partial charge in [0.25, 0.3) is 5.91 Å². The predicted molar refractivity (Wildman–Crippen MR) is 70.0 cm³/mol. The van der Waals surface area contributed by atoms with Crippen molar-refractivity contribution in [1.29, 1.82) is 0 Å². The number of carbonyl (C=O) groups is 1. The van der Waals surface area contributed by atoms with Crippen molar-refractivity contribution in [3.8, 4) is 0 Å². The molecule has 0 saturated heterocycles. The molecular weight excluding hydrogens is 316 g/mol. The maximum Gasteiger partial charge on any atom is 0.255 e. The molecule has 0 fully saturated rings. The number of nitrogen functional groups attached to an aromatic ring is 1. The van der Waals surface area contributed by atoms with Crippen LogP contribution in [0.1, 0.15) is 22.1 Å². The van der Waals surface area contributed by atoms with Crippen LogP contribution in [0.25, 0.3) is 0 Å². The van der Waals surface area contributed by atoms with Crippen molar-refractivity contribution in [2.75, 3.05) is 5.43 Å². The zero-order valence-electron chi connectivity index (χ0n) is 9.98. The van der Waals surface area contributed by atoms with E-state index < -0.39 is 0 Å². The van der Waals surface area contributed by atoms with Crippen molar-refractivity contribution in [3.63, 3.8) is 0 Å². The van der Waals surface area contributed by atoms with Gasteiger partial charge in [-0.05, 0) is 22.0 Å². The third-order valence-electron chi connectivity index (χ3n) is 2.21. The number of carbonyl (C=O) groups excluding carboxylic acids is 1. The average molecular weight is 327 g/mol. The van der Waals surface area contributed by atoms with Gasteiger partial charge in [0.2, 0.25) is 5.89 Å². The van der Waals surface area contributed by atoms with E-state index in [4.69, 9.17) is 10.4 Å². The van der Waals surface area contributed by atoms with E-state index in [1.165, 1.54) is 6.20 Å². The topological polar surface area (TPSA) is 119 Å². The number of anilines is 1. The number of halogens is 1. The summed E-state index contributed by atoms with van der Waals surface area (Å²) in [6.45, 7) is 1.83. The summed E-state index contributed by atoms with van der Waals surface area (Å²) in [6.07, 6.45) is 1.54. The monoisotopic (exact) mass is 326 g/mol. The van der Waals surface area contributed by atoms with Crippen molar-refractivity contribution in [3.05, 3.63) is 34.0 Å². The second-order valence-electron chi connectivity index (χ2n) is 3.61. The third kappa shape index (κ3) is 3.26. The molecule has 1 amide bonds. The second kappa shape index (κ2) is 5.76. The minimum absolute atomic E-state index is 0.159. The highest BCUT2D eigenvalue weighted by Gasteiger charge is 2.13. The molecule has 4 N–H and O–H groups in total. The van der Waals surface area contributed by atoms with Gasteiger partial charge < -0.3 is 15.3 Å². The van der Waals surface area contributed by atoms with E-state index in [1.807, 2.05) is 0 Å². The summed E-state index contributed by atoms with van der Waals surface area (Å²) >= 11 is 3.24. The first-order valence-corrected chi connectivity index (χ1v) is 6.09. The van der Waals surface area contributed by atoms with Crippen molar-refractivity contribution in [2.45, 2.75) is 13.5 Å². The first kappa shape index (κ1) is 13.4. The van der Waals surface area contributed by atoms with Gasteiger partial charge in [-0.3, -0.25) is 4.79 Å². The molecule has 0 aliphatic heterocycles. The number of amides is 1. The normalized spacial score (nSPS) is 10.3. The van der Waals surface area contributed by atoms with E-state index in [1.54, 1.807) is 13.0 Å². The number of aromatic nitrogens is 3. The van der Waals surface area contributed by atoms with Crippen molar-refractivity contribution >= 4 is 27.7 Å². The zero-order chi connectivity index (χ0) is 13.8. The number of aryl methyl sites for hydroxylation is 1. The van der Waals surface area contributed by atoms with E-state index in [-0.39, 0.29) is 18.3 Å². The quantitative estimate of drug-likeness (QED) is 0.560. The van der Waals surface area contributed by atoms with E-state index in [0.717, 1.165) is 0 Å². The van der Waals surface area contributed by atoms with Crippen molar-refractivity contribution in [1.82, 2.24) is 20.4 Å². The SMILES string of the molecule is Cc1nc(CNC(=O)c2cc(Br)cnc2NN)no1. The molecule has 2 rings (SSSR count). The summed E-state index contributed by atoms with van der Waals surface area (Å²) in [5.41, 5.74) is 2.68. The molecule has 9 heteroatoms. The predicted octanol–water partition coefficient (Wildman–Crippen LogP) is 0.751. The van der Waals surface area contributed by atoms with Crippen molar-refractivity contribution < 1.29 is 9.32 Å². The van der Waals surface area contributed by atoms with E-state index >= 15 is 0 Å². The molecule has 0 unspecified atom stereocenters. The lowest BCUT2D eigenvalue weighted by molar-refractivity contribution is 0.0950. The first-order valence-electron chi connectivity index (χ1n) is 5.29. The molecule has 0 spiro atoms. The number of nitrogens with zero attached hydrogens (tertiary/aromatic N) is 3. The van der Waals surface area contributed by atoms with Crippen LogP contribution in [0.3, 0.4) is 0 Å². The van der Waals surface area contributed by atoms with Gasteiger partial charge in [0.15, 0.2) is 11.6 Å². The summed E-state index contributed by atoms with van der Waals surface area (Å²) in [5, 5.41) is 6.33. The summed E-state index contributed by atoms with van der Waals surface area (Å²) in [7, 11) is 0. The number of nitrogens with one attached hydrogen (secondary N) is 2. The smallest absolute Gasteiger partial charge is 0.255 e. The molecule has 0 radical (unpaired) electrons. The fraction of sp³-hybridized carbons (Fsp3) is 0.200. The lowest BCUT2D eigenvalue weighted by Crippen LogP contribution is -2.25. The molecular formula is C10H11BrN6O2. The highest BCUT2D eigenvalue weighted by molar-refractivity contribution is 9.10. The van der Waals surface area contributed by atoms with E-state index in [9.17, 15) is 4.79 Å². The van der Waals surface area contributed by atoms with Crippen LogP contribution in [0.2, 0.25) is 0 Å². The lowest BCUT2D eigenvalue weighted by atomic mass is 10.2. The van der Waals surface area contributed by atoms with E-state index in [2.05, 4.69) is 41.8 Å². The molecule has 0 bridgehead atoms. The molecule has 100 valence electrons. The number of hydrazine groups is 1. The van der Waals surface area contributed by atoms with Gasteiger partial charge >= 0.3 is 0 Å². The Balaban J connectivity index is 2.09. The fourth-order valence-corrected chi connectivity index (χ4v) is 1.73. The van der Waals surface area contributed by atoms with Gasteiger partial charge in [0, 0.05) is 17.6 Å². The van der Waals surface area contributed by atoms with Gasteiger partial charge in [0.1, 0.15) is 0 Å². The molecule has 2 heterocycles. The first-order chi connectivity index (χ1) is 9.10. The zero-order valence-corrected chi connectivity index (χ0v) is 11.6. The maximum absolute atomic E-state index is 12.0. The number of pyridine rings is 1. The van der Waals surface area contributed by atoms with Gasteiger partial charge in [-0.25, -0.2) is 10.8 Å². The Hall–Kier alpha value is -2.00. The highest BCUT2D eigenvalue weighted by Crippen LogP contribution is 2.17. The second-order valence-corrected chi connectivity index (χ2v) is 4.52. The van der Waals surface area contributed by atoms with Gasteiger partial charge in [-0.2, -0.15) is 4.98 Å². The van der Waals surface area contributed by atoms with Crippen LogP contribution in [0.4, 0.5) is 5.82 Å². The summed E-state index contributed by atoms with van der Waals surface area (Å²) < 4.78 is 5.48. The van der Waals surface area contributed by atoms with Crippen LogP contribution in [-0.2, 0) is 6.54 Å². The molecule has 2 aromatic rings. The molecule has 0 aliphatic carbocycles. The molecule has 0 saturated carbocycles. The average Bonchev–Trinajstić information content (AvgIpc) is 2.81. The van der Waals surface area contributed by atoms with Crippen LogP contribution in [0.15, 0.2) is 21.3 Å². The highest BCUT2D eigenvalue weighted by atomic mass is 79.9. The molecule has 0 aliphatic rings. The Kier molecular flexibility index (Phi) is 4.07. The summed E-state index contributed by atoms with van der Waals surface area (Å²) in [6, 6.07) is 1.61. The summed E-state index contributed by atoms with van der Waals surface area (Å²) in [5.74, 6) is 6.08. The van der Waals surface area contributed by atoms with Crippen LogP contribution in [0, 0.1) is 6.92 Å². The molecule has 2 aromatic heterocycles. The van der Waals surface area contributed by atoms with Gasteiger partial charge in [-0.1, -0.05) is 5.16 Å². The Labute approximate surface area is 116 Å². The molecule has 8 nitrogen and oxygen atoms in total. The molecule has 0 atom stereocenters. The fourth-order valence-electron chi connectivity index (χ4n) is 1.40. The van der Waals surface area contributed by atoms with Gasteiger partial charge in [-0.15, -0.1) is 0 Å². The number of nitrogens with two attached hydrogens (primary N) is 1. The minimum Gasteiger partial charge on any atom is -0.344 e. The van der Waals surface area contributed by atoms with E-state index in [0.29, 0.717) is 21.8 Å². The van der Waals surface area contributed by atoms with Crippen LogP contribution in [0.5, 0.6) is 0 Å². The number of rotatable bonds is 4. The van der Waals surface area contributed by atoms with Crippen LogP contribution < -0.4 is 16.6 Å². The Morgan fingerprint density at radius 1 is 1.58 bits per heavy atom. The summed E-state index contributed by atoms with van der Waals surface area (Å²) in [4.78, 5) is 20.0. The van der Waals surface area contributed by atoms with Gasteiger partial charge in [0.05, 0.1) is 12.1 Å².